The minimum Gasteiger partial charge on any atom is -0.490 e. The summed E-state index contributed by atoms with van der Waals surface area (Å²) in [7, 11) is 0. The van der Waals surface area contributed by atoms with Crippen LogP contribution in [0.3, 0.4) is 0 Å². The fraction of sp³-hybridized carbons (Fsp3) is 0.438. The number of carbonyl (C=O) groups is 1. The van der Waals surface area contributed by atoms with E-state index in [2.05, 4.69) is 15.9 Å². The van der Waals surface area contributed by atoms with E-state index in [1.807, 2.05) is 19.1 Å². The van der Waals surface area contributed by atoms with E-state index in [1.165, 1.54) is 19.3 Å². The van der Waals surface area contributed by atoms with Gasteiger partial charge in [-0.1, -0.05) is 22.4 Å². The molecule has 0 amide bonds. The van der Waals surface area contributed by atoms with Crippen molar-refractivity contribution in [1.29, 1.82) is 0 Å². The van der Waals surface area contributed by atoms with Crippen LogP contribution in [0.15, 0.2) is 22.7 Å². The van der Waals surface area contributed by atoms with Gasteiger partial charge in [-0.3, -0.25) is 0 Å². The van der Waals surface area contributed by atoms with Crippen molar-refractivity contribution in [2.24, 2.45) is 0 Å². The minimum atomic E-state index is -0.953. The zero-order valence-corrected chi connectivity index (χ0v) is 13.1. The number of carboxylic acids is 1. The number of halogens is 1. The summed E-state index contributed by atoms with van der Waals surface area (Å²) in [5.41, 5.74) is 1.83. The van der Waals surface area contributed by atoms with Crippen molar-refractivity contribution in [1.82, 2.24) is 0 Å². The van der Waals surface area contributed by atoms with Gasteiger partial charge in [0, 0.05) is 16.1 Å². The molecule has 0 atom stereocenters. The first-order valence-corrected chi connectivity index (χ1v) is 7.73. The lowest BCUT2D eigenvalue weighted by Gasteiger charge is -2.25. The summed E-state index contributed by atoms with van der Waals surface area (Å²) in [6.07, 6.45) is 8.86. The Morgan fingerprint density at radius 2 is 2.05 bits per heavy atom. The normalized spacial score (nSPS) is 16.5. The molecule has 108 valence electrons. The Balaban J connectivity index is 2.26. The zero-order valence-electron chi connectivity index (χ0n) is 11.6. The average molecular weight is 339 g/mol. The maximum atomic E-state index is 10.7. The van der Waals surface area contributed by atoms with E-state index in [0.29, 0.717) is 0 Å². The van der Waals surface area contributed by atoms with Crippen molar-refractivity contribution in [3.05, 3.63) is 33.8 Å². The summed E-state index contributed by atoms with van der Waals surface area (Å²) in [6.45, 7) is 1.99. The lowest BCUT2D eigenvalue weighted by molar-refractivity contribution is -0.131. The molecule has 1 aromatic carbocycles. The predicted molar refractivity (Wildman–Crippen MR) is 83.0 cm³/mol. The standard InChI is InChI=1S/C16H19BrO3/c1-11-9-13(17)10-12(7-8-15(18)19)16(11)20-14-5-3-2-4-6-14/h7-10,14H,2-6H2,1H3,(H,18,19)/b8-7+. The summed E-state index contributed by atoms with van der Waals surface area (Å²) < 4.78 is 7.07. The molecule has 0 heterocycles. The summed E-state index contributed by atoms with van der Waals surface area (Å²) in [4.78, 5) is 10.7. The van der Waals surface area contributed by atoms with Crippen LogP contribution in [0.4, 0.5) is 0 Å². The third kappa shape index (κ3) is 4.10. The highest BCUT2D eigenvalue weighted by Gasteiger charge is 2.17. The number of hydrogen-bond donors (Lipinski definition) is 1. The Kier molecular flexibility index (Phi) is 5.24. The molecule has 4 heteroatoms. The zero-order chi connectivity index (χ0) is 14.5. The molecule has 1 aliphatic rings. The molecule has 0 aromatic heterocycles. The topological polar surface area (TPSA) is 46.5 Å². The number of aryl methyl sites for hydroxylation is 1. The van der Waals surface area contributed by atoms with E-state index in [9.17, 15) is 4.79 Å². The van der Waals surface area contributed by atoms with Gasteiger partial charge in [0.2, 0.25) is 0 Å². The fourth-order valence-electron chi connectivity index (χ4n) is 2.55. The summed E-state index contributed by atoms with van der Waals surface area (Å²) in [6, 6.07) is 3.89. The molecule has 1 aliphatic carbocycles. The van der Waals surface area contributed by atoms with Crippen LogP contribution >= 0.6 is 15.9 Å². The van der Waals surface area contributed by atoms with Crippen LogP contribution in [0.25, 0.3) is 6.08 Å². The Morgan fingerprint density at radius 1 is 1.35 bits per heavy atom. The number of carboxylic acid groups (broad SMARTS) is 1. The summed E-state index contributed by atoms with van der Waals surface area (Å²) in [5, 5.41) is 8.79. The monoisotopic (exact) mass is 338 g/mol. The van der Waals surface area contributed by atoms with Gasteiger partial charge < -0.3 is 9.84 Å². The maximum absolute atomic E-state index is 10.7. The molecule has 1 N–H and O–H groups in total. The molecule has 1 fully saturated rings. The third-order valence-corrected chi connectivity index (χ3v) is 3.97. The Hall–Kier alpha value is -1.29. The lowest BCUT2D eigenvalue weighted by atomic mass is 9.97. The van der Waals surface area contributed by atoms with Crippen LogP contribution in [-0.4, -0.2) is 17.2 Å². The van der Waals surface area contributed by atoms with E-state index in [1.54, 1.807) is 6.08 Å². The van der Waals surface area contributed by atoms with Crippen molar-refractivity contribution in [3.8, 4) is 5.75 Å². The molecule has 0 unspecified atom stereocenters. The van der Waals surface area contributed by atoms with Gasteiger partial charge in [-0.05, 0) is 56.4 Å². The molecule has 1 aromatic rings. The van der Waals surface area contributed by atoms with Crippen LogP contribution in [0, 0.1) is 6.92 Å². The van der Waals surface area contributed by atoms with Crippen LogP contribution in [0.1, 0.15) is 43.2 Å². The van der Waals surface area contributed by atoms with Gasteiger partial charge in [-0.15, -0.1) is 0 Å². The number of hydrogen-bond acceptors (Lipinski definition) is 2. The second-order valence-electron chi connectivity index (χ2n) is 5.19. The third-order valence-electron chi connectivity index (χ3n) is 3.51. The quantitative estimate of drug-likeness (QED) is 0.818. The van der Waals surface area contributed by atoms with Gasteiger partial charge in [-0.2, -0.15) is 0 Å². The molecule has 3 nitrogen and oxygen atoms in total. The first kappa shape index (κ1) is 15.1. The van der Waals surface area contributed by atoms with Gasteiger partial charge in [0.15, 0.2) is 0 Å². The molecule has 0 spiro atoms. The minimum absolute atomic E-state index is 0.251. The summed E-state index contributed by atoms with van der Waals surface area (Å²) >= 11 is 3.44. The molecular weight excluding hydrogens is 320 g/mol. The predicted octanol–water partition coefficient (Wildman–Crippen LogP) is 4.57. The molecule has 2 rings (SSSR count). The Bertz CT molecular complexity index is 517. The van der Waals surface area contributed by atoms with E-state index in [-0.39, 0.29) is 6.10 Å². The molecule has 20 heavy (non-hydrogen) atoms. The molecular formula is C16H19BrO3. The Morgan fingerprint density at radius 3 is 2.70 bits per heavy atom. The van der Waals surface area contributed by atoms with Crippen molar-refractivity contribution >= 4 is 28.0 Å². The average Bonchev–Trinajstić information content (AvgIpc) is 2.41. The molecule has 1 saturated carbocycles. The Labute approximate surface area is 127 Å². The maximum Gasteiger partial charge on any atom is 0.328 e. The van der Waals surface area contributed by atoms with Crippen LogP contribution < -0.4 is 4.74 Å². The second-order valence-corrected chi connectivity index (χ2v) is 6.11. The summed E-state index contributed by atoms with van der Waals surface area (Å²) in [5.74, 6) is -0.149. The van der Waals surface area contributed by atoms with Crippen molar-refractivity contribution < 1.29 is 14.6 Å². The molecule has 0 radical (unpaired) electrons. The lowest BCUT2D eigenvalue weighted by Crippen LogP contribution is -2.20. The number of aliphatic carboxylic acids is 1. The first-order chi connectivity index (χ1) is 9.56. The van der Waals surface area contributed by atoms with Crippen LogP contribution in [0.2, 0.25) is 0 Å². The van der Waals surface area contributed by atoms with Gasteiger partial charge in [0.1, 0.15) is 5.75 Å². The first-order valence-electron chi connectivity index (χ1n) is 6.94. The number of ether oxygens (including phenoxy) is 1. The molecule has 0 saturated heterocycles. The second kappa shape index (κ2) is 6.93. The van der Waals surface area contributed by atoms with E-state index in [4.69, 9.17) is 9.84 Å². The highest BCUT2D eigenvalue weighted by atomic mass is 79.9. The smallest absolute Gasteiger partial charge is 0.328 e. The van der Waals surface area contributed by atoms with Crippen LogP contribution in [-0.2, 0) is 4.79 Å². The van der Waals surface area contributed by atoms with E-state index in [0.717, 1.165) is 40.3 Å². The van der Waals surface area contributed by atoms with Crippen molar-refractivity contribution in [3.63, 3.8) is 0 Å². The van der Waals surface area contributed by atoms with Gasteiger partial charge in [0.25, 0.3) is 0 Å². The van der Waals surface area contributed by atoms with E-state index >= 15 is 0 Å². The van der Waals surface area contributed by atoms with Gasteiger partial charge in [0.05, 0.1) is 6.10 Å². The van der Waals surface area contributed by atoms with E-state index < -0.39 is 5.97 Å². The molecule has 0 bridgehead atoms. The highest BCUT2D eigenvalue weighted by molar-refractivity contribution is 9.10. The highest BCUT2D eigenvalue weighted by Crippen LogP contribution is 2.32. The van der Waals surface area contributed by atoms with Crippen molar-refractivity contribution in [2.45, 2.75) is 45.1 Å². The number of benzene rings is 1. The van der Waals surface area contributed by atoms with Crippen molar-refractivity contribution in [2.75, 3.05) is 0 Å². The van der Waals surface area contributed by atoms with Gasteiger partial charge in [-0.25, -0.2) is 4.79 Å². The van der Waals surface area contributed by atoms with Crippen LogP contribution in [0.5, 0.6) is 5.75 Å². The largest absolute Gasteiger partial charge is 0.490 e. The number of rotatable bonds is 4. The fourth-order valence-corrected chi connectivity index (χ4v) is 3.14. The SMILES string of the molecule is Cc1cc(Br)cc(/C=C/C(=O)O)c1OC1CCCCC1. The molecule has 0 aliphatic heterocycles. The van der Waals surface area contributed by atoms with Gasteiger partial charge >= 0.3 is 5.97 Å².